The molecule has 0 aromatic heterocycles. The number of para-hydroxylation sites is 2. The van der Waals surface area contributed by atoms with Gasteiger partial charge in [0.05, 0.1) is 7.11 Å². The molecule has 1 aliphatic carbocycles. The van der Waals surface area contributed by atoms with Crippen molar-refractivity contribution < 1.29 is 14.6 Å². The number of ether oxygens (including phenoxy) is 2. The maximum absolute atomic E-state index is 9.97. The van der Waals surface area contributed by atoms with Crippen molar-refractivity contribution in [3.05, 3.63) is 24.3 Å². The summed E-state index contributed by atoms with van der Waals surface area (Å²) in [5.74, 6) is 2.16. The summed E-state index contributed by atoms with van der Waals surface area (Å²) in [4.78, 5) is 0. The number of hydrogen-bond acceptors (Lipinski definition) is 4. The molecule has 4 nitrogen and oxygen atoms in total. The SMILES string of the molecule is COc1ccccc1OCC(O)CNC1CCC(C)C1. The Balaban J connectivity index is 1.70. The Labute approximate surface area is 121 Å². The summed E-state index contributed by atoms with van der Waals surface area (Å²) >= 11 is 0. The standard InChI is InChI=1S/C16H25NO3/c1-12-7-8-13(9-12)17-10-14(18)11-20-16-6-4-3-5-15(16)19-2/h3-6,12-14,17-18H,7-11H2,1-2H3. The topological polar surface area (TPSA) is 50.7 Å². The third-order valence-corrected chi connectivity index (χ3v) is 3.84. The molecule has 1 aliphatic rings. The van der Waals surface area contributed by atoms with Gasteiger partial charge in [0.15, 0.2) is 11.5 Å². The molecule has 1 aromatic carbocycles. The van der Waals surface area contributed by atoms with Crippen molar-refractivity contribution >= 4 is 0 Å². The molecule has 0 bridgehead atoms. The van der Waals surface area contributed by atoms with Crippen LogP contribution in [0.15, 0.2) is 24.3 Å². The van der Waals surface area contributed by atoms with E-state index in [0.717, 1.165) is 5.92 Å². The smallest absolute Gasteiger partial charge is 0.161 e. The highest BCUT2D eigenvalue weighted by Crippen LogP contribution is 2.26. The zero-order chi connectivity index (χ0) is 14.4. The van der Waals surface area contributed by atoms with E-state index < -0.39 is 6.10 Å². The normalized spacial score (nSPS) is 23.6. The van der Waals surface area contributed by atoms with Crippen molar-refractivity contribution in [2.75, 3.05) is 20.3 Å². The van der Waals surface area contributed by atoms with E-state index in [0.29, 0.717) is 24.1 Å². The zero-order valence-electron chi connectivity index (χ0n) is 12.3. The average molecular weight is 279 g/mol. The van der Waals surface area contributed by atoms with Crippen LogP contribution < -0.4 is 14.8 Å². The van der Waals surface area contributed by atoms with Crippen LogP contribution in [0.2, 0.25) is 0 Å². The van der Waals surface area contributed by atoms with E-state index in [4.69, 9.17) is 9.47 Å². The van der Waals surface area contributed by atoms with Gasteiger partial charge < -0.3 is 19.9 Å². The lowest BCUT2D eigenvalue weighted by molar-refractivity contribution is 0.102. The van der Waals surface area contributed by atoms with Gasteiger partial charge in [-0.1, -0.05) is 19.1 Å². The summed E-state index contributed by atoms with van der Waals surface area (Å²) in [7, 11) is 1.61. The number of aliphatic hydroxyl groups is 1. The van der Waals surface area contributed by atoms with Gasteiger partial charge in [-0.05, 0) is 37.3 Å². The van der Waals surface area contributed by atoms with Crippen LogP contribution in [-0.2, 0) is 0 Å². The Hall–Kier alpha value is -1.26. The van der Waals surface area contributed by atoms with Crippen molar-refractivity contribution in [2.24, 2.45) is 5.92 Å². The minimum Gasteiger partial charge on any atom is -0.493 e. The van der Waals surface area contributed by atoms with E-state index in [1.54, 1.807) is 7.11 Å². The molecule has 0 heterocycles. The van der Waals surface area contributed by atoms with Crippen LogP contribution in [0.1, 0.15) is 26.2 Å². The number of rotatable bonds is 7. The number of methoxy groups -OCH3 is 1. The van der Waals surface area contributed by atoms with Gasteiger partial charge >= 0.3 is 0 Å². The Morgan fingerprint density at radius 3 is 2.70 bits per heavy atom. The van der Waals surface area contributed by atoms with E-state index >= 15 is 0 Å². The fourth-order valence-corrected chi connectivity index (χ4v) is 2.68. The average Bonchev–Trinajstić information content (AvgIpc) is 2.89. The van der Waals surface area contributed by atoms with Crippen molar-refractivity contribution in [3.8, 4) is 11.5 Å². The zero-order valence-corrected chi connectivity index (χ0v) is 12.3. The van der Waals surface area contributed by atoms with E-state index in [-0.39, 0.29) is 6.61 Å². The van der Waals surface area contributed by atoms with Crippen molar-refractivity contribution in [3.63, 3.8) is 0 Å². The second kappa shape index (κ2) is 7.50. The summed E-state index contributed by atoms with van der Waals surface area (Å²) in [6.45, 7) is 3.13. The van der Waals surface area contributed by atoms with E-state index in [9.17, 15) is 5.11 Å². The lowest BCUT2D eigenvalue weighted by Crippen LogP contribution is -2.36. The van der Waals surface area contributed by atoms with Crippen LogP contribution in [0.4, 0.5) is 0 Å². The van der Waals surface area contributed by atoms with Crippen LogP contribution in [0.3, 0.4) is 0 Å². The minimum absolute atomic E-state index is 0.273. The Kier molecular flexibility index (Phi) is 5.68. The van der Waals surface area contributed by atoms with Gasteiger partial charge in [0.1, 0.15) is 12.7 Å². The predicted molar refractivity (Wildman–Crippen MR) is 79.3 cm³/mol. The number of aliphatic hydroxyl groups excluding tert-OH is 1. The van der Waals surface area contributed by atoms with E-state index in [1.165, 1.54) is 19.3 Å². The van der Waals surface area contributed by atoms with Crippen LogP contribution in [0, 0.1) is 5.92 Å². The number of hydrogen-bond donors (Lipinski definition) is 2. The Morgan fingerprint density at radius 2 is 2.05 bits per heavy atom. The van der Waals surface area contributed by atoms with Crippen molar-refractivity contribution in [2.45, 2.75) is 38.3 Å². The quantitative estimate of drug-likeness (QED) is 0.803. The maximum Gasteiger partial charge on any atom is 0.161 e. The highest BCUT2D eigenvalue weighted by atomic mass is 16.5. The highest BCUT2D eigenvalue weighted by molar-refractivity contribution is 5.39. The molecule has 4 heteroatoms. The van der Waals surface area contributed by atoms with Gasteiger partial charge in [-0.2, -0.15) is 0 Å². The molecule has 0 radical (unpaired) electrons. The lowest BCUT2D eigenvalue weighted by atomic mass is 10.1. The largest absolute Gasteiger partial charge is 0.493 e. The molecular formula is C16H25NO3. The predicted octanol–water partition coefficient (Wildman–Crippen LogP) is 2.21. The first kappa shape index (κ1) is 15.1. The molecule has 2 rings (SSSR count). The molecule has 2 N–H and O–H groups in total. The molecule has 0 saturated heterocycles. The summed E-state index contributed by atoms with van der Waals surface area (Å²) < 4.78 is 10.8. The molecule has 3 unspecified atom stereocenters. The summed E-state index contributed by atoms with van der Waals surface area (Å²) in [6.07, 6.45) is 3.20. The lowest BCUT2D eigenvalue weighted by Gasteiger charge is -2.17. The van der Waals surface area contributed by atoms with Gasteiger partial charge in [-0.15, -0.1) is 0 Å². The van der Waals surface area contributed by atoms with E-state index in [2.05, 4.69) is 12.2 Å². The van der Waals surface area contributed by atoms with Gasteiger partial charge in [0.2, 0.25) is 0 Å². The van der Waals surface area contributed by atoms with Crippen molar-refractivity contribution in [1.82, 2.24) is 5.32 Å². The van der Waals surface area contributed by atoms with E-state index in [1.807, 2.05) is 24.3 Å². The third kappa shape index (κ3) is 4.39. The molecule has 20 heavy (non-hydrogen) atoms. The summed E-state index contributed by atoms with van der Waals surface area (Å²) in [5.41, 5.74) is 0. The van der Waals surface area contributed by atoms with Crippen LogP contribution in [-0.4, -0.2) is 37.5 Å². The first-order valence-electron chi connectivity index (χ1n) is 7.36. The van der Waals surface area contributed by atoms with Gasteiger partial charge in [-0.3, -0.25) is 0 Å². The Morgan fingerprint density at radius 1 is 1.30 bits per heavy atom. The summed E-state index contributed by atoms with van der Waals surface area (Å²) in [5, 5.41) is 13.4. The molecule has 1 saturated carbocycles. The van der Waals surface area contributed by atoms with Crippen LogP contribution in [0.5, 0.6) is 11.5 Å². The second-order valence-corrected chi connectivity index (χ2v) is 5.64. The number of benzene rings is 1. The van der Waals surface area contributed by atoms with Gasteiger partial charge in [0.25, 0.3) is 0 Å². The molecule has 3 atom stereocenters. The molecule has 112 valence electrons. The molecule has 0 aliphatic heterocycles. The summed E-state index contributed by atoms with van der Waals surface area (Å²) in [6, 6.07) is 8.02. The fourth-order valence-electron chi connectivity index (χ4n) is 2.68. The number of nitrogens with one attached hydrogen (secondary N) is 1. The first-order chi connectivity index (χ1) is 9.69. The van der Waals surface area contributed by atoms with Crippen molar-refractivity contribution in [1.29, 1.82) is 0 Å². The van der Waals surface area contributed by atoms with Gasteiger partial charge in [-0.25, -0.2) is 0 Å². The third-order valence-electron chi connectivity index (χ3n) is 3.84. The fraction of sp³-hybridized carbons (Fsp3) is 0.625. The molecule has 1 aromatic rings. The Bertz CT molecular complexity index is 410. The monoisotopic (exact) mass is 279 g/mol. The van der Waals surface area contributed by atoms with Crippen LogP contribution in [0.25, 0.3) is 0 Å². The maximum atomic E-state index is 9.97. The minimum atomic E-state index is -0.504. The molecule has 0 spiro atoms. The molecule has 1 fully saturated rings. The molecular weight excluding hydrogens is 254 g/mol. The first-order valence-corrected chi connectivity index (χ1v) is 7.36. The van der Waals surface area contributed by atoms with Gasteiger partial charge in [0, 0.05) is 12.6 Å². The molecule has 0 amide bonds. The second-order valence-electron chi connectivity index (χ2n) is 5.64. The highest BCUT2D eigenvalue weighted by Gasteiger charge is 2.21. The van der Waals surface area contributed by atoms with Crippen LogP contribution >= 0.6 is 0 Å².